The van der Waals surface area contributed by atoms with Crippen molar-refractivity contribution in [1.29, 1.82) is 5.41 Å². The molecule has 2 amide bonds. The molecular formula is C12H15F3N4O. The molecule has 0 aromatic heterocycles. The first-order chi connectivity index (χ1) is 9.24. The van der Waals surface area contributed by atoms with E-state index in [1.165, 1.54) is 17.0 Å². The predicted molar refractivity (Wildman–Crippen MR) is 69.6 cm³/mol. The maximum absolute atomic E-state index is 12.4. The number of benzene rings is 1. The number of halogens is 3. The number of alkyl halides is 3. The van der Waals surface area contributed by atoms with E-state index in [0.717, 1.165) is 12.1 Å². The van der Waals surface area contributed by atoms with Crippen molar-refractivity contribution in [3.05, 3.63) is 29.8 Å². The Kier molecular flexibility index (Phi) is 4.95. The zero-order valence-electron chi connectivity index (χ0n) is 10.8. The van der Waals surface area contributed by atoms with Crippen molar-refractivity contribution < 1.29 is 18.0 Å². The van der Waals surface area contributed by atoms with Gasteiger partial charge in [-0.15, -0.1) is 0 Å². The second-order valence-corrected chi connectivity index (χ2v) is 4.04. The number of amidine groups is 1. The van der Waals surface area contributed by atoms with Gasteiger partial charge in [0.2, 0.25) is 0 Å². The zero-order chi connectivity index (χ0) is 15.3. The Hall–Kier alpha value is -2.25. The molecular weight excluding hydrogens is 273 g/mol. The van der Waals surface area contributed by atoms with Crippen LogP contribution in [0.1, 0.15) is 12.5 Å². The average molecular weight is 288 g/mol. The van der Waals surface area contributed by atoms with Crippen LogP contribution in [0.3, 0.4) is 0 Å². The molecule has 0 radical (unpaired) electrons. The van der Waals surface area contributed by atoms with E-state index in [0.29, 0.717) is 6.54 Å². The third kappa shape index (κ3) is 4.45. The van der Waals surface area contributed by atoms with Crippen LogP contribution < -0.4 is 11.1 Å². The lowest BCUT2D eigenvalue weighted by Gasteiger charge is -2.20. The molecule has 0 saturated carbocycles. The topological polar surface area (TPSA) is 82.2 Å². The normalized spacial score (nSPS) is 11.0. The molecule has 0 heterocycles. The van der Waals surface area contributed by atoms with Gasteiger partial charge in [-0.2, -0.15) is 13.2 Å². The van der Waals surface area contributed by atoms with E-state index in [2.05, 4.69) is 5.32 Å². The minimum atomic E-state index is -4.41. The number of likely N-dealkylation sites (N-methyl/N-ethyl adjacent to an activating group) is 1. The molecule has 0 aliphatic heterocycles. The molecule has 0 atom stereocenters. The molecule has 0 aliphatic rings. The summed E-state index contributed by atoms with van der Waals surface area (Å²) in [5.41, 5.74) is 4.66. The van der Waals surface area contributed by atoms with Gasteiger partial charge in [0.1, 0.15) is 5.84 Å². The van der Waals surface area contributed by atoms with Gasteiger partial charge in [-0.05, 0) is 31.2 Å². The maximum atomic E-state index is 12.4. The van der Waals surface area contributed by atoms with Crippen LogP contribution in [-0.4, -0.2) is 29.9 Å². The Balaban J connectivity index is 2.73. The van der Waals surface area contributed by atoms with Crippen molar-refractivity contribution in [2.75, 3.05) is 18.4 Å². The zero-order valence-corrected chi connectivity index (χ0v) is 10.8. The number of hydrogen-bond acceptors (Lipinski definition) is 2. The number of nitrogens with two attached hydrogens (primary N) is 1. The summed E-state index contributed by atoms with van der Waals surface area (Å²) in [5, 5.41) is 9.57. The van der Waals surface area contributed by atoms with E-state index < -0.39 is 17.8 Å². The van der Waals surface area contributed by atoms with E-state index in [-0.39, 0.29) is 18.1 Å². The third-order valence-corrected chi connectivity index (χ3v) is 2.49. The number of anilines is 1. The number of carbonyl (C=O) groups is 1. The highest BCUT2D eigenvalue weighted by atomic mass is 19.4. The average Bonchev–Trinajstić information content (AvgIpc) is 2.35. The SMILES string of the molecule is CCN(CC(=N)N)C(=O)Nc1ccc(C(F)(F)F)cc1. The summed E-state index contributed by atoms with van der Waals surface area (Å²) in [5.74, 6) is -0.172. The lowest BCUT2D eigenvalue weighted by Crippen LogP contribution is -2.40. The van der Waals surface area contributed by atoms with Crippen molar-refractivity contribution in [2.45, 2.75) is 13.1 Å². The van der Waals surface area contributed by atoms with E-state index in [4.69, 9.17) is 11.1 Å². The van der Waals surface area contributed by atoms with Gasteiger partial charge in [0.15, 0.2) is 0 Å². The van der Waals surface area contributed by atoms with Crippen LogP contribution in [0.5, 0.6) is 0 Å². The van der Waals surface area contributed by atoms with Gasteiger partial charge < -0.3 is 16.0 Å². The largest absolute Gasteiger partial charge is 0.416 e. The highest BCUT2D eigenvalue weighted by Gasteiger charge is 2.30. The van der Waals surface area contributed by atoms with E-state index in [1.807, 2.05) is 0 Å². The Labute approximate surface area is 114 Å². The summed E-state index contributed by atoms with van der Waals surface area (Å²) in [6, 6.07) is 3.58. The van der Waals surface area contributed by atoms with Crippen LogP contribution in [0.4, 0.5) is 23.7 Å². The van der Waals surface area contributed by atoms with Crippen molar-refractivity contribution in [1.82, 2.24) is 4.90 Å². The molecule has 0 spiro atoms. The number of amides is 2. The number of urea groups is 1. The van der Waals surface area contributed by atoms with E-state index >= 15 is 0 Å². The standard InChI is InChI=1S/C12H15F3N4O/c1-2-19(7-10(16)17)11(20)18-9-5-3-8(4-6-9)12(13,14)15/h3-6H,2,7H2,1H3,(H3,16,17)(H,18,20). The molecule has 4 N–H and O–H groups in total. The number of hydrogen-bond donors (Lipinski definition) is 3. The van der Waals surface area contributed by atoms with Crippen molar-refractivity contribution in [3.8, 4) is 0 Å². The molecule has 20 heavy (non-hydrogen) atoms. The molecule has 0 unspecified atom stereocenters. The van der Waals surface area contributed by atoms with Gasteiger partial charge in [0.25, 0.3) is 0 Å². The first kappa shape index (κ1) is 15.8. The smallest absolute Gasteiger partial charge is 0.386 e. The fourth-order valence-electron chi connectivity index (χ4n) is 1.48. The highest BCUT2D eigenvalue weighted by molar-refractivity contribution is 5.92. The molecule has 0 aliphatic carbocycles. The summed E-state index contributed by atoms with van der Waals surface area (Å²) in [6.45, 7) is 1.99. The summed E-state index contributed by atoms with van der Waals surface area (Å²) in [7, 11) is 0. The highest BCUT2D eigenvalue weighted by Crippen LogP contribution is 2.29. The predicted octanol–water partition coefficient (Wildman–Crippen LogP) is 2.50. The van der Waals surface area contributed by atoms with E-state index in [1.54, 1.807) is 6.92 Å². The van der Waals surface area contributed by atoms with Crippen LogP contribution >= 0.6 is 0 Å². The molecule has 110 valence electrons. The monoisotopic (exact) mass is 288 g/mol. The minimum Gasteiger partial charge on any atom is -0.386 e. The lowest BCUT2D eigenvalue weighted by atomic mass is 10.2. The molecule has 1 aromatic carbocycles. The Morgan fingerprint density at radius 2 is 1.90 bits per heavy atom. The number of carbonyl (C=O) groups excluding carboxylic acids is 1. The first-order valence-corrected chi connectivity index (χ1v) is 5.80. The van der Waals surface area contributed by atoms with Crippen LogP contribution in [0, 0.1) is 5.41 Å². The van der Waals surface area contributed by atoms with E-state index in [9.17, 15) is 18.0 Å². The van der Waals surface area contributed by atoms with Crippen molar-refractivity contribution >= 4 is 17.6 Å². The summed E-state index contributed by atoms with van der Waals surface area (Å²) < 4.78 is 37.1. The van der Waals surface area contributed by atoms with Gasteiger partial charge >= 0.3 is 12.2 Å². The van der Waals surface area contributed by atoms with Crippen LogP contribution in [0.25, 0.3) is 0 Å². The van der Waals surface area contributed by atoms with Gasteiger partial charge in [-0.1, -0.05) is 0 Å². The quantitative estimate of drug-likeness (QED) is 0.587. The van der Waals surface area contributed by atoms with Gasteiger partial charge in [0.05, 0.1) is 12.1 Å². The molecule has 0 fully saturated rings. The number of nitrogens with zero attached hydrogens (tertiary/aromatic N) is 1. The summed E-state index contributed by atoms with van der Waals surface area (Å²) >= 11 is 0. The molecule has 0 saturated heterocycles. The maximum Gasteiger partial charge on any atom is 0.416 e. The second kappa shape index (κ2) is 6.27. The molecule has 5 nitrogen and oxygen atoms in total. The minimum absolute atomic E-state index is 0.0387. The lowest BCUT2D eigenvalue weighted by molar-refractivity contribution is -0.137. The van der Waals surface area contributed by atoms with Crippen LogP contribution in [0.2, 0.25) is 0 Å². The van der Waals surface area contributed by atoms with Crippen molar-refractivity contribution in [3.63, 3.8) is 0 Å². The fraction of sp³-hybridized carbons (Fsp3) is 0.333. The fourth-order valence-corrected chi connectivity index (χ4v) is 1.48. The molecule has 0 bridgehead atoms. The number of rotatable bonds is 4. The molecule has 8 heteroatoms. The van der Waals surface area contributed by atoms with Gasteiger partial charge in [-0.3, -0.25) is 5.41 Å². The Morgan fingerprint density at radius 3 is 2.30 bits per heavy atom. The van der Waals surface area contributed by atoms with Crippen molar-refractivity contribution in [2.24, 2.45) is 5.73 Å². The summed E-state index contributed by atoms with van der Waals surface area (Å²) in [6.07, 6.45) is -4.41. The third-order valence-electron chi connectivity index (χ3n) is 2.49. The Morgan fingerprint density at radius 1 is 1.35 bits per heavy atom. The van der Waals surface area contributed by atoms with Crippen LogP contribution in [-0.2, 0) is 6.18 Å². The molecule has 1 rings (SSSR count). The summed E-state index contributed by atoms with van der Waals surface area (Å²) in [4.78, 5) is 13.1. The Bertz CT molecular complexity index is 484. The first-order valence-electron chi connectivity index (χ1n) is 5.80. The van der Waals surface area contributed by atoms with Crippen LogP contribution in [0.15, 0.2) is 24.3 Å². The second-order valence-electron chi connectivity index (χ2n) is 4.04. The molecule has 1 aromatic rings. The van der Waals surface area contributed by atoms with Gasteiger partial charge in [0, 0.05) is 12.2 Å². The van der Waals surface area contributed by atoms with Gasteiger partial charge in [-0.25, -0.2) is 4.79 Å². The number of nitrogens with one attached hydrogen (secondary N) is 2.